The van der Waals surface area contributed by atoms with Crippen molar-refractivity contribution in [3.8, 4) is 0 Å². The zero-order valence-corrected chi connectivity index (χ0v) is 11.6. The van der Waals surface area contributed by atoms with Gasteiger partial charge in [-0.3, -0.25) is 0 Å². The van der Waals surface area contributed by atoms with Gasteiger partial charge in [0.1, 0.15) is 0 Å². The molecule has 2 unspecified atom stereocenters. The fourth-order valence-electron chi connectivity index (χ4n) is 3.57. The molecule has 2 aliphatic rings. The average molecular weight is 277 g/mol. The molecular formula is C15H26F3N. The largest absolute Gasteiger partial charge is 0.391 e. The predicted octanol–water partition coefficient (Wildman–Crippen LogP) is 4.67. The Morgan fingerprint density at radius 1 is 0.842 bits per heavy atom. The maximum Gasteiger partial charge on any atom is 0.391 e. The van der Waals surface area contributed by atoms with Crippen LogP contribution in [0.4, 0.5) is 13.2 Å². The summed E-state index contributed by atoms with van der Waals surface area (Å²) in [4.78, 5) is 0. The van der Waals surface area contributed by atoms with E-state index >= 15 is 0 Å². The molecule has 2 saturated carbocycles. The molecule has 19 heavy (non-hydrogen) atoms. The van der Waals surface area contributed by atoms with Crippen LogP contribution in [-0.2, 0) is 0 Å². The lowest BCUT2D eigenvalue weighted by molar-refractivity contribution is -0.183. The number of halogens is 3. The van der Waals surface area contributed by atoms with Crippen LogP contribution in [0.1, 0.15) is 64.2 Å². The molecule has 2 aliphatic carbocycles. The van der Waals surface area contributed by atoms with Crippen LogP contribution in [0.15, 0.2) is 0 Å². The van der Waals surface area contributed by atoms with Crippen molar-refractivity contribution in [1.29, 1.82) is 0 Å². The van der Waals surface area contributed by atoms with Crippen molar-refractivity contribution in [2.45, 2.75) is 76.4 Å². The third-order valence-electron chi connectivity index (χ3n) is 4.81. The third-order valence-corrected chi connectivity index (χ3v) is 4.81. The van der Waals surface area contributed by atoms with Crippen LogP contribution in [0.2, 0.25) is 0 Å². The van der Waals surface area contributed by atoms with Crippen LogP contribution in [0.5, 0.6) is 0 Å². The Hall–Kier alpha value is -0.250. The van der Waals surface area contributed by atoms with E-state index in [4.69, 9.17) is 0 Å². The molecule has 0 radical (unpaired) electrons. The molecule has 1 nitrogen and oxygen atoms in total. The van der Waals surface area contributed by atoms with Gasteiger partial charge in [-0.25, -0.2) is 0 Å². The molecule has 0 heterocycles. The van der Waals surface area contributed by atoms with Crippen LogP contribution in [0.3, 0.4) is 0 Å². The molecule has 2 atom stereocenters. The number of nitrogens with one attached hydrogen (secondary N) is 1. The lowest BCUT2D eigenvalue weighted by Gasteiger charge is -2.32. The van der Waals surface area contributed by atoms with Crippen molar-refractivity contribution in [2.24, 2.45) is 11.8 Å². The summed E-state index contributed by atoms with van der Waals surface area (Å²) in [6.45, 7) is 0.926. The van der Waals surface area contributed by atoms with Gasteiger partial charge in [-0.2, -0.15) is 13.2 Å². The normalized spacial score (nSPS) is 31.1. The maximum absolute atomic E-state index is 12.7. The Labute approximate surface area is 114 Å². The predicted molar refractivity (Wildman–Crippen MR) is 71.0 cm³/mol. The van der Waals surface area contributed by atoms with E-state index < -0.39 is 12.1 Å². The first kappa shape index (κ1) is 15.1. The minimum atomic E-state index is -4.00. The molecule has 0 aliphatic heterocycles. The second kappa shape index (κ2) is 6.96. The van der Waals surface area contributed by atoms with Crippen LogP contribution in [-0.4, -0.2) is 18.8 Å². The topological polar surface area (TPSA) is 12.0 Å². The molecule has 0 saturated heterocycles. The molecule has 0 aromatic rings. The van der Waals surface area contributed by atoms with E-state index in [1.165, 1.54) is 38.5 Å². The standard InChI is InChI=1S/C15H26F3N/c16-15(17,18)13-8-5-9-14(10-13)19-11-12-6-3-1-2-4-7-12/h12-14,19H,1-11H2. The molecular weight excluding hydrogens is 251 g/mol. The summed E-state index contributed by atoms with van der Waals surface area (Å²) in [5.74, 6) is -0.387. The molecule has 4 heteroatoms. The monoisotopic (exact) mass is 277 g/mol. The molecule has 2 rings (SSSR count). The zero-order valence-electron chi connectivity index (χ0n) is 11.6. The smallest absolute Gasteiger partial charge is 0.314 e. The zero-order chi connectivity index (χ0) is 13.7. The summed E-state index contributed by atoms with van der Waals surface area (Å²) in [5.41, 5.74) is 0. The van der Waals surface area contributed by atoms with E-state index in [0.29, 0.717) is 18.8 Å². The number of hydrogen-bond acceptors (Lipinski definition) is 1. The molecule has 0 spiro atoms. The van der Waals surface area contributed by atoms with E-state index in [2.05, 4.69) is 5.32 Å². The fourth-order valence-corrected chi connectivity index (χ4v) is 3.57. The minimum absolute atomic E-state index is 0.0867. The van der Waals surface area contributed by atoms with E-state index in [1.54, 1.807) is 0 Å². The molecule has 0 aromatic carbocycles. The summed E-state index contributed by atoms with van der Waals surface area (Å²) >= 11 is 0. The molecule has 2 fully saturated rings. The highest BCUT2D eigenvalue weighted by molar-refractivity contribution is 4.82. The van der Waals surface area contributed by atoms with Gasteiger partial charge in [-0.05, 0) is 44.6 Å². The summed E-state index contributed by atoms with van der Waals surface area (Å²) in [5, 5.41) is 3.42. The van der Waals surface area contributed by atoms with Gasteiger partial charge >= 0.3 is 6.18 Å². The number of alkyl halides is 3. The first-order valence-corrected chi connectivity index (χ1v) is 7.86. The first-order valence-electron chi connectivity index (χ1n) is 7.86. The number of hydrogen-bond donors (Lipinski definition) is 1. The summed E-state index contributed by atoms with van der Waals surface area (Å²) < 4.78 is 38.2. The van der Waals surface area contributed by atoms with Gasteiger partial charge in [-0.15, -0.1) is 0 Å². The van der Waals surface area contributed by atoms with Gasteiger partial charge in [0.25, 0.3) is 0 Å². The molecule has 0 bridgehead atoms. The highest BCUT2D eigenvalue weighted by Crippen LogP contribution is 2.37. The van der Waals surface area contributed by atoms with Crippen LogP contribution in [0.25, 0.3) is 0 Å². The molecule has 112 valence electrons. The summed E-state index contributed by atoms with van der Waals surface area (Å²) in [6, 6.07) is 0.0867. The highest BCUT2D eigenvalue weighted by Gasteiger charge is 2.42. The van der Waals surface area contributed by atoms with E-state index in [-0.39, 0.29) is 12.5 Å². The van der Waals surface area contributed by atoms with Crippen molar-refractivity contribution in [1.82, 2.24) is 5.32 Å². The average Bonchev–Trinajstić information content (AvgIpc) is 2.64. The van der Waals surface area contributed by atoms with E-state index in [1.807, 2.05) is 0 Å². The molecule has 1 N–H and O–H groups in total. The highest BCUT2D eigenvalue weighted by atomic mass is 19.4. The van der Waals surface area contributed by atoms with Crippen molar-refractivity contribution in [2.75, 3.05) is 6.54 Å². The van der Waals surface area contributed by atoms with Crippen molar-refractivity contribution < 1.29 is 13.2 Å². The lowest BCUT2D eigenvalue weighted by Crippen LogP contribution is -2.40. The van der Waals surface area contributed by atoms with Gasteiger partial charge in [-0.1, -0.05) is 32.1 Å². The van der Waals surface area contributed by atoms with E-state index in [9.17, 15) is 13.2 Å². The Morgan fingerprint density at radius 3 is 2.16 bits per heavy atom. The third kappa shape index (κ3) is 4.97. The Bertz CT molecular complexity index is 257. The quantitative estimate of drug-likeness (QED) is 0.739. The van der Waals surface area contributed by atoms with Crippen LogP contribution in [0, 0.1) is 11.8 Å². The van der Waals surface area contributed by atoms with Crippen LogP contribution >= 0.6 is 0 Å². The molecule has 0 amide bonds. The van der Waals surface area contributed by atoms with Gasteiger partial charge in [0, 0.05) is 6.04 Å². The SMILES string of the molecule is FC(F)(F)C1CCCC(NCC2CCCCCC2)C1. The van der Waals surface area contributed by atoms with Gasteiger partial charge < -0.3 is 5.32 Å². The van der Waals surface area contributed by atoms with Gasteiger partial charge in [0.15, 0.2) is 0 Å². The second-order valence-corrected chi connectivity index (χ2v) is 6.37. The Kier molecular flexibility index (Phi) is 5.55. The fraction of sp³-hybridized carbons (Fsp3) is 1.00. The maximum atomic E-state index is 12.7. The Morgan fingerprint density at radius 2 is 1.53 bits per heavy atom. The first-order chi connectivity index (χ1) is 9.05. The van der Waals surface area contributed by atoms with Gasteiger partial charge in [0.2, 0.25) is 0 Å². The van der Waals surface area contributed by atoms with Crippen LogP contribution < -0.4 is 5.32 Å². The lowest BCUT2D eigenvalue weighted by atomic mass is 9.85. The number of rotatable bonds is 3. The molecule has 0 aromatic heterocycles. The summed E-state index contributed by atoms with van der Waals surface area (Å²) in [7, 11) is 0. The summed E-state index contributed by atoms with van der Waals surface area (Å²) in [6.07, 6.45) is 6.00. The van der Waals surface area contributed by atoms with Gasteiger partial charge in [0.05, 0.1) is 5.92 Å². The van der Waals surface area contributed by atoms with Crippen molar-refractivity contribution in [3.63, 3.8) is 0 Å². The van der Waals surface area contributed by atoms with Crippen molar-refractivity contribution in [3.05, 3.63) is 0 Å². The second-order valence-electron chi connectivity index (χ2n) is 6.37. The minimum Gasteiger partial charge on any atom is -0.314 e. The Balaban J connectivity index is 1.73. The van der Waals surface area contributed by atoms with E-state index in [0.717, 1.165) is 13.0 Å². The van der Waals surface area contributed by atoms with Crippen molar-refractivity contribution >= 4 is 0 Å².